The summed E-state index contributed by atoms with van der Waals surface area (Å²) in [6, 6.07) is 5.91. The molecule has 0 saturated heterocycles. The average molecular weight is 236 g/mol. The Hall–Kier alpha value is -1.51. The molecule has 0 aliphatic rings. The highest BCUT2D eigenvalue weighted by atomic mass is 16.5. The van der Waals surface area contributed by atoms with Gasteiger partial charge in [-0.2, -0.15) is 0 Å². The molecule has 0 N–H and O–H groups in total. The summed E-state index contributed by atoms with van der Waals surface area (Å²) in [5.41, 5.74) is 2.30. The van der Waals surface area contributed by atoms with Crippen LogP contribution >= 0.6 is 0 Å². The van der Waals surface area contributed by atoms with Crippen LogP contribution in [0.2, 0.25) is 0 Å². The van der Waals surface area contributed by atoms with Crippen molar-refractivity contribution < 1.29 is 14.3 Å². The van der Waals surface area contributed by atoms with Crippen molar-refractivity contribution in [2.75, 3.05) is 6.61 Å². The van der Waals surface area contributed by atoms with Gasteiger partial charge in [-0.05, 0) is 44.9 Å². The normalized spacial score (nSPS) is 12.0. The molecule has 0 bridgehead atoms. The molecule has 3 heteroatoms. The van der Waals surface area contributed by atoms with E-state index in [-0.39, 0.29) is 18.5 Å². The Labute approximate surface area is 103 Å². The molecule has 0 amide bonds. The minimum Gasteiger partial charge on any atom is -0.490 e. The molecular weight excluding hydrogens is 216 g/mol. The lowest BCUT2D eigenvalue weighted by Crippen LogP contribution is -2.19. The zero-order valence-corrected chi connectivity index (χ0v) is 10.9. The van der Waals surface area contributed by atoms with Crippen molar-refractivity contribution in [2.24, 2.45) is 0 Å². The van der Waals surface area contributed by atoms with Gasteiger partial charge in [0, 0.05) is 0 Å². The molecule has 1 aromatic rings. The number of aryl methyl sites for hydroxylation is 1. The molecule has 17 heavy (non-hydrogen) atoms. The highest BCUT2D eigenvalue weighted by molar-refractivity contribution is 5.69. The predicted molar refractivity (Wildman–Crippen MR) is 67.3 cm³/mol. The highest BCUT2D eigenvalue weighted by Crippen LogP contribution is 2.22. The van der Waals surface area contributed by atoms with Crippen LogP contribution in [0.3, 0.4) is 0 Å². The van der Waals surface area contributed by atoms with Crippen LogP contribution < -0.4 is 4.74 Å². The Morgan fingerprint density at radius 3 is 2.71 bits per heavy atom. The first-order valence-electron chi connectivity index (χ1n) is 5.93. The van der Waals surface area contributed by atoms with Crippen LogP contribution in [0, 0.1) is 13.8 Å². The van der Waals surface area contributed by atoms with E-state index in [2.05, 4.69) is 0 Å². The van der Waals surface area contributed by atoms with E-state index in [4.69, 9.17) is 9.47 Å². The Morgan fingerprint density at radius 1 is 1.35 bits per heavy atom. The number of carbonyl (C=O) groups excluding carboxylic acids is 1. The van der Waals surface area contributed by atoms with E-state index >= 15 is 0 Å². The van der Waals surface area contributed by atoms with Gasteiger partial charge in [0.2, 0.25) is 0 Å². The monoisotopic (exact) mass is 236 g/mol. The van der Waals surface area contributed by atoms with Gasteiger partial charge in [-0.1, -0.05) is 12.1 Å². The van der Waals surface area contributed by atoms with Crippen LogP contribution in [0.4, 0.5) is 0 Å². The van der Waals surface area contributed by atoms with E-state index < -0.39 is 0 Å². The first-order chi connectivity index (χ1) is 8.04. The summed E-state index contributed by atoms with van der Waals surface area (Å²) >= 11 is 0. The number of hydrogen-bond acceptors (Lipinski definition) is 3. The molecule has 1 aromatic carbocycles. The van der Waals surface area contributed by atoms with Crippen molar-refractivity contribution in [3.05, 3.63) is 29.3 Å². The lowest BCUT2D eigenvalue weighted by atomic mass is 10.1. The summed E-state index contributed by atoms with van der Waals surface area (Å²) in [5, 5.41) is 0. The molecule has 0 spiro atoms. The van der Waals surface area contributed by atoms with Crippen molar-refractivity contribution >= 4 is 5.97 Å². The Morgan fingerprint density at radius 2 is 2.06 bits per heavy atom. The zero-order chi connectivity index (χ0) is 12.8. The predicted octanol–water partition coefficient (Wildman–Crippen LogP) is 3.02. The molecule has 94 valence electrons. The fourth-order valence-corrected chi connectivity index (χ4v) is 1.56. The summed E-state index contributed by atoms with van der Waals surface area (Å²) in [6.07, 6.45) is 0.107. The molecule has 0 aromatic heterocycles. The van der Waals surface area contributed by atoms with Gasteiger partial charge in [0.05, 0.1) is 13.0 Å². The molecule has 3 nitrogen and oxygen atoms in total. The number of esters is 1. The molecular formula is C14H20O3. The molecule has 0 heterocycles. The SMILES string of the molecule is CCOC(=O)CC(C)Oc1cccc(C)c1C. The van der Waals surface area contributed by atoms with Crippen molar-refractivity contribution in [3.8, 4) is 5.75 Å². The van der Waals surface area contributed by atoms with E-state index in [1.807, 2.05) is 39.0 Å². The topological polar surface area (TPSA) is 35.5 Å². The van der Waals surface area contributed by atoms with Gasteiger partial charge in [-0.3, -0.25) is 4.79 Å². The van der Waals surface area contributed by atoms with Crippen LogP contribution in [-0.4, -0.2) is 18.7 Å². The van der Waals surface area contributed by atoms with Gasteiger partial charge in [0.15, 0.2) is 0 Å². The van der Waals surface area contributed by atoms with E-state index in [9.17, 15) is 4.79 Å². The second-order valence-electron chi connectivity index (χ2n) is 4.14. The molecule has 0 saturated carbocycles. The summed E-state index contributed by atoms with van der Waals surface area (Å²) in [5.74, 6) is 0.618. The van der Waals surface area contributed by atoms with Crippen molar-refractivity contribution in [3.63, 3.8) is 0 Å². The van der Waals surface area contributed by atoms with E-state index in [0.29, 0.717) is 6.61 Å². The number of carbonyl (C=O) groups is 1. The van der Waals surface area contributed by atoms with Crippen LogP contribution in [0.25, 0.3) is 0 Å². The lowest BCUT2D eigenvalue weighted by Gasteiger charge is -2.16. The standard InChI is InChI=1S/C14H20O3/c1-5-16-14(15)9-11(3)17-13-8-6-7-10(2)12(13)4/h6-8,11H,5,9H2,1-4H3. The molecule has 1 rings (SSSR count). The second kappa shape index (κ2) is 6.28. The largest absolute Gasteiger partial charge is 0.490 e. The molecule has 0 fully saturated rings. The summed E-state index contributed by atoms with van der Waals surface area (Å²) < 4.78 is 10.6. The van der Waals surface area contributed by atoms with Gasteiger partial charge < -0.3 is 9.47 Å². The van der Waals surface area contributed by atoms with Gasteiger partial charge in [0.25, 0.3) is 0 Å². The van der Waals surface area contributed by atoms with Crippen molar-refractivity contribution in [2.45, 2.75) is 40.2 Å². The number of hydrogen-bond donors (Lipinski definition) is 0. The molecule has 1 unspecified atom stereocenters. The summed E-state index contributed by atoms with van der Waals surface area (Å²) in [6.45, 7) is 8.14. The minimum absolute atomic E-state index is 0.172. The molecule has 0 radical (unpaired) electrons. The van der Waals surface area contributed by atoms with E-state index in [1.165, 1.54) is 5.56 Å². The smallest absolute Gasteiger partial charge is 0.309 e. The van der Waals surface area contributed by atoms with Gasteiger partial charge in [0.1, 0.15) is 11.9 Å². The summed E-state index contributed by atoms with van der Waals surface area (Å²) in [7, 11) is 0. The van der Waals surface area contributed by atoms with Gasteiger partial charge in [-0.25, -0.2) is 0 Å². The third-order valence-electron chi connectivity index (χ3n) is 2.64. The Kier molecular flexibility index (Phi) is 5.01. The highest BCUT2D eigenvalue weighted by Gasteiger charge is 2.12. The third-order valence-corrected chi connectivity index (χ3v) is 2.64. The summed E-state index contributed by atoms with van der Waals surface area (Å²) in [4.78, 5) is 11.3. The second-order valence-corrected chi connectivity index (χ2v) is 4.14. The lowest BCUT2D eigenvalue weighted by molar-refractivity contribution is -0.144. The van der Waals surface area contributed by atoms with Crippen molar-refractivity contribution in [1.82, 2.24) is 0 Å². The first-order valence-corrected chi connectivity index (χ1v) is 5.93. The fourth-order valence-electron chi connectivity index (χ4n) is 1.56. The van der Waals surface area contributed by atoms with Crippen LogP contribution in [0.5, 0.6) is 5.75 Å². The van der Waals surface area contributed by atoms with Gasteiger partial charge >= 0.3 is 5.97 Å². The van der Waals surface area contributed by atoms with E-state index in [0.717, 1.165) is 11.3 Å². The number of ether oxygens (including phenoxy) is 2. The van der Waals surface area contributed by atoms with E-state index in [1.54, 1.807) is 6.92 Å². The first kappa shape index (κ1) is 13.6. The quantitative estimate of drug-likeness (QED) is 0.737. The Bertz CT molecular complexity index is 385. The minimum atomic E-state index is -0.217. The van der Waals surface area contributed by atoms with Crippen molar-refractivity contribution in [1.29, 1.82) is 0 Å². The Balaban J connectivity index is 2.59. The molecule has 0 aliphatic heterocycles. The number of rotatable bonds is 5. The van der Waals surface area contributed by atoms with Gasteiger partial charge in [-0.15, -0.1) is 0 Å². The molecule has 0 aliphatic carbocycles. The third kappa shape index (κ3) is 4.10. The maximum absolute atomic E-state index is 11.3. The molecule has 1 atom stereocenters. The zero-order valence-electron chi connectivity index (χ0n) is 10.9. The maximum Gasteiger partial charge on any atom is 0.309 e. The van der Waals surface area contributed by atoms with Crippen LogP contribution in [-0.2, 0) is 9.53 Å². The maximum atomic E-state index is 11.3. The fraction of sp³-hybridized carbons (Fsp3) is 0.500. The van der Waals surface area contributed by atoms with Crippen LogP contribution in [0.15, 0.2) is 18.2 Å². The average Bonchev–Trinajstić information content (AvgIpc) is 2.25. The van der Waals surface area contributed by atoms with Crippen LogP contribution in [0.1, 0.15) is 31.4 Å². The number of benzene rings is 1.